The van der Waals surface area contributed by atoms with Crippen molar-refractivity contribution >= 4 is 25.6 Å². The van der Waals surface area contributed by atoms with Crippen LogP contribution in [0.1, 0.15) is 138 Å². The van der Waals surface area contributed by atoms with Gasteiger partial charge in [0.15, 0.2) is 19.7 Å². The van der Waals surface area contributed by atoms with Gasteiger partial charge in [-0.25, -0.2) is 0 Å². The van der Waals surface area contributed by atoms with Crippen molar-refractivity contribution in [2.45, 2.75) is 136 Å². The molecule has 3 aliphatic carbocycles. The molecular weight excluding hydrogens is 725 g/mol. The number of piperidine rings is 1. The third kappa shape index (κ3) is 7.26. The van der Waals surface area contributed by atoms with Gasteiger partial charge in [0.1, 0.15) is 17.1 Å². The maximum Gasteiger partial charge on any atom is 0.265 e. The number of aliphatic hydroxyl groups excluding tert-OH is 1. The van der Waals surface area contributed by atoms with Crippen molar-refractivity contribution < 1.29 is 33.1 Å². The summed E-state index contributed by atoms with van der Waals surface area (Å²) in [7, 11) is 0.947. The van der Waals surface area contributed by atoms with Crippen molar-refractivity contribution in [1.29, 1.82) is 5.26 Å². The number of carbonyl (C=O) groups is 2. The molecule has 1 aromatic carbocycles. The second-order valence-corrected chi connectivity index (χ2v) is 23.8. The first kappa shape index (κ1) is 42.1. The quantitative estimate of drug-likeness (QED) is 0.118. The number of fused-ring (bicyclic) bond motifs is 4. The molecule has 0 spiro atoms. The molecular formula is C44H64N4O7Si. The lowest BCUT2D eigenvalue weighted by Gasteiger charge is -2.55. The standard InChI is InChI=1S/C44H64N4O7Si/c1-12-14-20-52-32-24-28(26-48-18-16-43(6,7)17-19-48)30(25-45)29-22-27-23-31-36(47(8)9)38-35(41(46-54-38)53-21-15-13-2)40(51)44(31,55-56(10,11)42(3,4)5)39(50)33(27)37(49)34(29)32/h24,27,31,36,49H,12-23,26H2,1-11H3/t27-,31-,36-,44-/m0/s1. The molecule has 56 heavy (non-hydrogen) atoms. The normalized spacial score (nSPS) is 25.0. The van der Waals surface area contributed by atoms with Gasteiger partial charge >= 0.3 is 0 Å². The largest absolute Gasteiger partial charge is 0.507 e. The maximum atomic E-state index is 15.8. The summed E-state index contributed by atoms with van der Waals surface area (Å²) >= 11 is 0. The van der Waals surface area contributed by atoms with Crippen LogP contribution in [-0.4, -0.2) is 85.9 Å². The number of benzene rings is 1. The van der Waals surface area contributed by atoms with E-state index < -0.39 is 43.4 Å². The summed E-state index contributed by atoms with van der Waals surface area (Å²) in [5.74, 6) is -1.56. The number of Topliss-reactive ketones (excluding diaryl/α,β-unsaturated/α-hetero) is 2. The molecule has 0 unspecified atom stereocenters. The summed E-state index contributed by atoms with van der Waals surface area (Å²) in [6, 6.07) is 3.86. The van der Waals surface area contributed by atoms with E-state index in [0.29, 0.717) is 60.8 Å². The monoisotopic (exact) mass is 788 g/mol. The summed E-state index contributed by atoms with van der Waals surface area (Å²) in [6.45, 7) is 22.3. The molecule has 2 heterocycles. The molecule has 11 nitrogen and oxygen atoms in total. The van der Waals surface area contributed by atoms with Crippen LogP contribution in [-0.2, 0) is 22.2 Å². The van der Waals surface area contributed by atoms with E-state index in [2.05, 4.69) is 64.6 Å². The van der Waals surface area contributed by atoms with E-state index in [4.69, 9.17) is 18.4 Å². The zero-order chi connectivity index (χ0) is 41.0. The summed E-state index contributed by atoms with van der Waals surface area (Å²) in [5.41, 5.74) is 1.08. The van der Waals surface area contributed by atoms with Crippen molar-refractivity contribution in [3.8, 4) is 17.7 Å². The van der Waals surface area contributed by atoms with Gasteiger partial charge in [0.05, 0.1) is 36.5 Å². The van der Waals surface area contributed by atoms with Crippen LogP contribution < -0.4 is 9.47 Å². The van der Waals surface area contributed by atoms with Gasteiger partial charge in [-0.3, -0.25) is 19.4 Å². The van der Waals surface area contributed by atoms with Crippen LogP contribution in [0.2, 0.25) is 18.1 Å². The van der Waals surface area contributed by atoms with Crippen molar-refractivity contribution in [2.24, 2.45) is 17.3 Å². The molecule has 2 aromatic rings. The molecule has 1 saturated carbocycles. The molecule has 4 aliphatic rings. The molecule has 0 bridgehead atoms. The van der Waals surface area contributed by atoms with Crippen molar-refractivity contribution in [3.05, 3.63) is 45.2 Å². The molecule has 6 rings (SSSR count). The smallest absolute Gasteiger partial charge is 0.265 e. The fourth-order valence-corrected chi connectivity index (χ4v) is 10.4. The number of ketones is 2. The number of likely N-dealkylation sites (tertiary alicyclic amines) is 1. The number of nitriles is 1. The summed E-state index contributed by atoms with van der Waals surface area (Å²) in [5, 5.41) is 27.3. The average Bonchev–Trinajstić information content (AvgIpc) is 3.53. The number of hydrogen-bond acceptors (Lipinski definition) is 11. The molecule has 1 N–H and O–H groups in total. The van der Waals surface area contributed by atoms with Crippen molar-refractivity contribution in [1.82, 2.24) is 15.0 Å². The highest BCUT2D eigenvalue weighted by molar-refractivity contribution is 6.74. The van der Waals surface area contributed by atoms with Crippen molar-refractivity contribution in [3.63, 3.8) is 0 Å². The Morgan fingerprint density at radius 2 is 1.70 bits per heavy atom. The number of aliphatic hydroxyl groups is 1. The van der Waals surface area contributed by atoms with Gasteiger partial charge in [-0.2, -0.15) is 5.26 Å². The van der Waals surface area contributed by atoms with Gasteiger partial charge in [0, 0.05) is 18.0 Å². The molecule has 1 saturated heterocycles. The third-order valence-corrected chi connectivity index (χ3v) is 17.8. The molecule has 1 aromatic heterocycles. The predicted octanol–water partition coefficient (Wildman–Crippen LogP) is 8.82. The maximum absolute atomic E-state index is 15.8. The lowest BCUT2D eigenvalue weighted by Crippen LogP contribution is -2.68. The number of rotatable bonds is 13. The van der Waals surface area contributed by atoms with E-state index >= 15 is 9.59 Å². The van der Waals surface area contributed by atoms with Gasteiger partial charge < -0.3 is 23.5 Å². The Labute approximate surface area is 334 Å². The van der Waals surface area contributed by atoms with Gasteiger partial charge in [-0.1, -0.05) is 61.3 Å². The number of carbonyl (C=O) groups excluding carboxylic acids is 2. The molecule has 306 valence electrons. The van der Waals surface area contributed by atoms with Gasteiger partial charge in [0.25, 0.3) is 5.88 Å². The van der Waals surface area contributed by atoms with Crippen LogP contribution in [0, 0.1) is 28.6 Å². The van der Waals surface area contributed by atoms with E-state index in [1.807, 2.05) is 38.2 Å². The zero-order valence-corrected chi connectivity index (χ0v) is 36.7. The highest BCUT2D eigenvalue weighted by Crippen LogP contribution is 2.59. The van der Waals surface area contributed by atoms with E-state index in [-0.39, 0.29) is 33.2 Å². The Hall–Kier alpha value is -3.50. The Morgan fingerprint density at radius 1 is 1.05 bits per heavy atom. The summed E-state index contributed by atoms with van der Waals surface area (Å²) in [6.07, 6.45) is 6.18. The van der Waals surface area contributed by atoms with Crippen LogP contribution in [0.4, 0.5) is 0 Å². The number of ether oxygens (including phenoxy) is 2. The highest BCUT2D eigenvalue weighted by Gasteiger charge is 2.69. The Morgan fingerprint density at radius 3 is 2.29 bits per heavy atom. The number of unbranched alkanes of at least 4 members (excludes halogenated alkanes) is 2. The van der Waals surface area contributed by atoms with Crippen LogP contribution in [0.15, 0.2) is 16.2 Å². The number of hydrogen-bond donors (Lipinski definition) is 1. The fraction of sp³-hybridized carbons (Fsp3) is 0.682. The molecule has 2 fully saturated rings. The first-order chi connectivity index (χ1) is 26.3. The van der Waals surface area contributed by atoms with Crippen molar-refractivity contribution in [2.75, 3.05) is 40.4 Å². The van der Waals surface area contributed by atoms with Crippen LogP contribution in [0.5, 0.6) is 11.6 Å². The van der Waals surface area contributed by atoms with Gasteiger partial charge in [-0.05, 0) is 118 Å². The number of aromatic nitrogens is 1. The van der Waals surface area contributed by atoms with E-state index in [1.165, 1.54) is 0 Å². The second-order valence-electron chi connectivity index (χ2n) is 19.1. The van der Waals surface area contributed by atoms with Crippen LogP contribution >= 0.6 is 0 Å². The van der Waals surface area contributed by atoms with E-state index in [0.717, 1.165) is 57.2 Å². The number of nitrogens with zero attached hydrogens (tertiary/aromatic N) is 4. The minimum atomic E-state index is -2.87. The van der Waals surface area contributed by atoms with Crippen LogP contribution in [0.3, 0.4) is 0 Å². The topological polar surface area (TPSA) is 138 Å². The molecule has 4 atom stereocenters. The van der Waals surface area contributed by atoms with E-state index in [1.54, 1.807) is 0 Å². The van der Waals surface area contributed by atoms with Gasteiger partial charge in [0.2, 0.25) is 11.6 Å². The minimum absolute atomic E-state index is 0.0686. The van der Waals surface area contributed by atoms with Gasteiger partial charge in [-0.15, -0.1) is 0 Å². The first-order valence-corrected chi connectivity index (χ1v) is 23.7. The summed E-state index contributed by atoms with van der Waals surface area (Å²) in [4.78, 5) is 35.5. The average molecular weight is 789 g/mol. The summed E-state index contributed by atoms with van der Waals surface area (Å²) < 4.78 is 25.8. The third-order valence-electron chi connectivity index (χ3n) is 13.4. The second kappa shape index (κ2) is 15.7. The Kier molecular flexibility index (Phi) is 11.8. The highest BCUT2D eigenvalue weighted by atomic mass is 28.4. The Bertz CT molecular complexity index is 1910. The van der Waals surface area contributed by atoms with Crippen LogP contribution in [0.25, 0.3) is 5.76 Å². The van der Waals surface area contributed by atoms with E-state index in [9.17, 15) is 10.4 Å². The molecule has 0 amide bonds. The lowest BCUT2D eigenvalue weighted by molar-refractivity contribution is -0.140. The SMILES string of the molecule is CCCCOc1cc(CN2CCC(C)(C)CC2)c(C#N)c2c1C(O)=C1C(=O)[C@]3(O[Si](C)(C)C(C)(C)C)C(=O)c4c(OCCCC)noc4[C@@H](N(C)C)[C@@H]3C[C@@H]1C2. The minimum Gasteiger partial charge on any atom is -0.507 e. The molecule has 1 aliphatic heterocycles. The fourth-order valence-electron chi connectivity index (χ4n) is 8.93. The molecule has 0 radical (unpaired) electrons. The Balaban J connectivity index is 1.55. The first-order valence-electron chi connectivity index (χ1n) is 20.8. The predicted molar refractivity (Wildman–Crippen MR) is 218 cm³/mol. The zero-order valence-electron chi connectivity index (χ0n) is 35.7. The molecule has 12 heteroatoms. The lowest BCUT2D eigenvalue weighted by atomic mass is 9.57.